The van der Waals surface area contributed by atoms with E-state index in [9.17, 15) is 39.4 Å². The van der Waals surface area contributed by atoms with Crippen LogP contribution in [0.3, 0.4) is 0 Å². The number of aromatic nitrogens is 2. The molecule has 3 amide bonds. The fourth-order valence-corrected chi connectivity index (χ4v) is 6.41. The summed E-state index contributed by atoms with van der Waals surface area (Å²) in [6, 6.07) is 7.79. The molecule has 14 heteroatoms. The first-order chi connectivity index (χ1) is 20.5. The third-order valence-electron chi connectivity index (χ3n) is 8.00. The Balaban J connectivity index is 1.70. The molecule has 3 heterocycles. The Morgan fingerprint density at radius 2 is 1.53 bits per heavy atom. The molecule has 214 valence electrons. The summed E-state index contributed by atoms with van der Waals surface area (Å²) in [6.07, 6.45) is 3.29. The van der Waals surface area contributed by atoms with E-state index in [1.165, 1.54) is 43.3 Å². The molecule has 0 saturated heterocycles. The normalized spacial score (nSPS) is 18.0. The van der Waals surface area contributed by atoms with Gasteiger partial charge in [0.25, 0.3) is 23.2 Å². The molecule has 0 fully saturated rings. The number of H-pyrrole nitrogens is 1. The van der Waals surface area contributed by atoms with E-state index in [1.807, 2.05) is 10.6 Å². The average Bonchev–Trinajstić information content (AvgIpc) is 3.68. The van der Waals surface area contributed by atoms with E-state index in [0.29, 0.717) is 38.8 Å². The number of amides is 3. The lowest BCUT2D eigenvalue weighted by atomic mass is 9.96. The van der Waals surface area contributed by atoms with Gasteiger partial charge in [0, 0.05) is 71.6 Å². The zero-order valence-electron chi connectivity index (χ0n) is 22.4. The molecule has 2 atom stereocenters. The molecule has 0 bridgehead atoms. The van der Waals surface area contributed by atoms with Crippen LogP contribution in [0.2, 0.25) is 0 Å². The number of aromatic amines is 1. The third kappa shape index (κ3) is 3.52. The summed E-state index contributed by atoms with van der Waals surface area (Å²) in [6.45, 7) is 2.36. The standard InChI is InChI=1S/C29H19N5O9/c1-12(35)31-28(37)24-22-18-10-15(33(39)40)4-7-20(18)30-26(22)27-23(25(24)29(31)38)19-11-16(34(41)42)5-8-21(19)32(27)14-3-6-17(9-14)43-13(2)36/h3-8,10-11,14,17,30H,9H2,1-2H3/t14?,17-/m1/s1. The minimum absolute atomic E-state index is 0.125. The Morgan fingerprint density at radius 3 is 2.16 bits per heavy atom. The zero-order valence-corrected chi connectivity index (χ0v) is 22.4. The molecule has 0 saturated carbocycles. The van der Waals surface area contributed by atoms with Crippen molar-refractivity contribution in [3.05, 3.63) is 79.9 Å². The highest BCUT2D eigenvalue weighted by molar-refractivity contribution is 6.42. The van der Waals surface area contributed by atoms with Gasteiger partial charge in [-0.15, -0.1) is 0 Å². The van der Waals surface area contributed by atoms with E-state index < -0.39 is 45.7 Å². The van der Waals surface area contributed by atoms with E-state index in [1.54, 1.807) is 6.08 Å². The van der Waals surface area contributed by atoms with Crippen LogP contribution in [0.15, 0.2) is 48.6 Å². The minimum atomic E-state index is -0.899. The van der Waals surface area contributed by atoms with Crippen LogP contribution >= 0.6 is 0 Å². The van der Waals surface area contributed by atoms with Crippen molar-refractivity contribution in [3.63, 3.8) is 0 Å². The fraction of sp³-hybridized carbons (Fsp3) is 0.172. The number of allylic oxidation sites excluding steroid dienone is 1. The van der Waals surface area contributed by atoms with Crippen molar-refractivity contribution in [3.8, 4) is 0 Å². The summed E-state index contributed by atoms with van der Waals surface area (Å²) in [5.74, 6) is -3.09. The van der Waals surface area contributed by atoms with Crippen LogP contribution < -0.4 is 0 Å². The number of carbonyl (C=O) groups is 4. The summed E-state index contributed by atoms with van der Waals surface area (Å²) in [5.41, 5.74) is 0.900. The summed E-state index contributed by atoms with van der Waals surface area (Å²) >= 11 is 0. The smallest absolute Gasteiger partial charge is 0.303 e. The zero-order chi connectivity index (χ0) is 30.5. The van der Waals surface area contributed by atoms with Gasteiger partial charge in [0.05, 0.1) is 43.6 Å². The molecule has 0 spiro atoms. The number of non-ortho nitro benzene ring substituents is 2. The predicted molar refractivity (Wildman–Crippen MR) is 152 cm³/mol. The maximum absolute atomic E-state index is 13.9. The van der Waals surface area contributed by atoms with Crippen molar-refractivity contribution in [2.24, 2.45) is 0 Å². The number of ether oxygens (including phenoxy) is 1. The number of nitrogens with one attached hydrogen (secondary N) is 1. The van der Waals surface area contributed by atoms with E-state index in [-0.39, 0.29) is 38.7 Å². The Kier molecular flexibility index (Phi) is 5.32. The molecule has 1 N–H and O–H groups in total. The molecule has 7 rings (SSSR count). The molecule has 5 aromatic rings. The highest BCUT2D eigenvalue weighted by atomic mass is 16.6. The second-order valence-electron chi connectivity index (χ2n) is 10.5. The number of esters is 1. The van der Waals surface area contributed by atoms with Crippen molar-refractivity contribution < 1.29 is 33.8 Å². The average molecular weight is 581 g/mol. The van der Waals surface area contributed by atoms with Gasteiger partial charge in [-0.25, -0.2) is 4.90 Å². The molecule has 2 aromatic heterocycles. The largest absolute Gasteiger partial charge is 0.458 e. The van der Waals surface area contributed by atoms with Crippen LogP contribution in [-0.4, -0.2) is 54.1 Å². The van der Waals surface area contributed by atoms with E-state index >= 15 is 0 Å². The highest BCUT2D eigenvalue weighted by Gasteiger charge is 2.44. The van der Waals surface area contributed by atoms with Crippen LogP contribution in [0.25, 0.3) is 43.6 Å². The van der Waals surface area contributed by atoms with E-state index in [4.69, 9.17) is 4.74 Å². The Bertz CT molecular complexity index is 2220. The lowest BCUT2D eigenvalue weighted by molar-refractivity contribution is -0.384. The maximum Gasteiger partial charge on any atom is 0.303 e. The van der Waals surface area contributed by atoms with Crippen molar-refractivity contribution in [1.29, 1.82) is 0 Å². The number of imide groups is 3. The van der Waals surface area contributed by atoms with Gasteiger partial charge in [-0.3, -0.25) is 39.4 Å². The molecule has 3 aromatic carbocycles. The van der Waals surface area contributed by atoms with E-state index in [0.717, 1.165) is 6.92 Å². The SMILES string of the molecule is CC(=O)O[C@@H]1C=CC(n2c3ccc([N+](=O)[O-])cc3c3c4c(c5c6cc([N+](=O)[O-])ccc6[nH]c5c32)C(=O)N(C(C)=O)C4=O)C1. The third-order valence-corrected chi connectivity index (χ3v) is 8.00. The molecular formula is C29H19N5O9. The molecular weight excluding hydrogens is 562 g/mol. The maximum atomic E-state index is 13.9. The van der Waals surface area contributed by atoms with Gasteiger partial charge in [0.2, 0.25) is 5.91 Å². The quantitative estimate of drug-likeness (QED) is 0.102. The lowest BCUT2D eigenvalue weighted by Gasteiger charge is -2.17. The molecule has 1 aliphatic carbocycles. The van der Waals surface area contributed by atoms with Crippen molar-refractivity contribution in [2.45, 2.75) is 32.4 Å². The van der Waals surface area contributed by atoms with Crippen LogP contribution in [0, 0.1) is 20.2 Å². The van der Waals surface area contributed by atoms with Gasteiger partial charge in [0.1, 0.15) is 6.10 Å². The van der Waals surface area contributed by atoms with Gasteiger partial charge >= 0.3 is 5.97 Å². The number of nitro groups is 2. The highest BCUT2D eigenvalue weighted by Crippen LogP contribution is 2.48. The number of fused-ring (bicyclic) bond motifs is 10. The Labute approximate surface area is 239 Å². The monoisotopic (exact) mass is 581 g/mol. The van der Waals surface area contributed by atoms with Crippen molar-refractivity contribution in [1.82, 2.24) is 14.5 Å². The van der Waals surface area contributed by atoms with Crippen LogP contribution in [0.4, 0.5) is 11.4 Å². The Morgan fingerprint density at radius 1 is 0.907 bits per heavy atom. The second-order valence-corrected chi connectivity index (χ2v) is 10.5. The van der Waals surface area contributed by atoms with Gasteiger partial charge in [-0.05, 0) is 18.2 Å². The topological polar surface area (TPSA) is 188 Å². The van der Waals surface area contributed by atoms with Gasteiger partial charge < -0.3 is 14.3 Å². The second kappa shape index (κ2) is 8.79. The number of rotatable bonds is 4. The first kappa shape index (κ1) is 26.0. The number of nitrogens with zero attached hydrogens (tertiary/aromatic N) is 4. The number of carbonyl (C=O) groups excluding carboxylic acids is 4. The molecule has 1 aliphatic heterocycles. The molecule has 0 radical (unpaired) electrons. The summed E-state index contributed by atoms with van der Waals surface area (Å²) in [4.78, 5) is 77.9. The molecule has 2 aliphatic rings. The van der Waals surface area contributed by atoms with Crippen LogP contribution in [0.1, 0.15) is 47.0 Å². The van der Waals surface area contributed by atoms with Crippen molar-refractivity contribution >= 4 is 78.7 Å². The lowest BCUT2D eigenvalue weighted by Crippen LogP contribution is -2.34. The molecule has 14 nitrogen and oxygen atoms in total. The first-order valence-electron chi connectivity index (χ1n) is 13.1. The fourth-order valence-electron chi connectivity index (χ4n) is 6.41. The summed E-state index contributed by atoms with van der Waals surface area (Å²) < 4.78 is 7.23. The van der Waals surface area contributed by atoms with Gasteiger partial charge in [-0.1, -0.05) is 6.08 Å². The first-order valence-corrected chi connectivity index (χ1v) is 13.1. The van der Waals surface area contributed by atoms with Crippen LogP contribution in [-0.2, 0) is 14.3 Å². The van der Waals surface area contributed by atoms with Gasteiger partial charge in [-0.2, -0.15) is 0 Å². The number of nitro benzene ring substituents is 2. The number of hydrogen-bond donors (Lipinski definition) is 1. The summed E-state index contributed by atoms with van der Waals surface area (Å²) in [5, 5.41) is 24.5. The predicted octanol–water partition coefficient (Wildman–Crippen LogP) is 4.82. The van der Waals surface area contributed by atoms with E-state index in [2.05, 4.69) is 4.98 Å². The number of hydrogen-bond acceptors (Lipinski definition) is 9. The molecule has 43 heavy (non-hydrogen) atoms. The van der Waals surface area contributed by atoms with Crippen LogP contribution in [0.5, 0.6) is 0 Å². The molecule has 1 unspecified atom stereocenters. The number of benzene rings is 3. The van der Waals surface area contributed by atoms with Crippen molar-refractivity contribution in [2.75, 3.05) is 0 Å². The minimum Gasteiger partial charge on any atom is -0.458 e. The van der Waals surface area contributed by atoms with Gasteiger partial charge in [0.15, 0.2) is 0 Å². The summed E-state index contributed by atoms with van der Waals surface area (Å²) in [7, 11) is 0. The Hall–Kier alpha value is -5.92.